The highest BCUT2D eigenvalue weighted by Crippen LogP contribution is 2.43. The summed E-state index contributed by atoms with van der Waals surface area (Å²) < 4.78 is 31.3. The van der Waals surface area contributed by atoms with Crippen molar-refractivity contribution in [3.63, 3.8) is 0 Å². The molecule has 1 aliphatic heterocycles. The highest BCUT2D eigenvalue weighted by atomic mass is 79.9. The van der Waals surface area contributed by atoms with Gasteiger partial charge in [-0.25, -0.2) is 13.8 Å². The van der Waals surface area contributed by atoms with Crippen molar-refractivity contribution < 1.29 is 13.6 Å². The van der Waals surface area contributed by atoms with E-state index in [2.05, 4.69) is 37.9 Å². The Morgan fingerprint density at radius 2 is 2.08 bits per heavy atom. The minimum Gasteiger partial charge on any atom is -0.335 e. The third kappa shape index (κ3) is 4.28. The van der Waals surface area contributed by atoms with Gasteiger partial charge in [0.15, 0.2) is 0 Å². The van der Waals surface area contributed by atoms with Crippen LogP contribution in [0.5, 0.6) is 0 Å². The molecule has 2 fully saturated rings. The van der Waals surface area contributed by atoms with Gasteiger partial charge in [0.2, 0.25) is 5.91 Å². The molecule has 1 saturated heterocycles. The van der Waals surface area contributed by atoms with Gasteiger partial charge in [0.1, 0.15) is 28.4 Å². The Kier molecular flexibility index (Phi) is 5.58. The number of hydrogen-bond donors (Lipinski definition) is 0. The van der Waals surface area contributed by atoms with E-state index in [4.69, 9.17) is 0 Å². The van der Waals surface area contributed by atoms with Gasteiger partial charge >= 0.3 is 0 Å². The second-order valence-electron chi connectivity index (χ2n) is 9.69. The van der Waals surface area contributed by atoms with E-state index in [1.54, 1.807) is 18.3 Å². The number of benzene rings is 1. The van der Waals surface area contributed by atoms with Gasteiger partial charge in [-0.2, -0.15) is 5.10 Å². The maximum atomic E-state index is 14.1. The number of rotatable bonds is 4. The number of likely N-dealkylation sites (tertiary alicyclic amines) is 1. The van der Waals surface area contributed by atoms with Gasteiger partial charge in [-0.15, -0.1) is 11.3 Å². The first-order valence-corrected chi connectivity index (χ1v) is 13.2. The first kappa shape index (κ1) is 24.0. The third-order valence-corrected chi connectivity index (χ3v) is 8.28. The van der Waals surface area contributed by atoms with E-state index >= 15 is 0 Å². The van der Waals surface area contributed by atoms with E-state index in [0.29, 0.717) is 26.2 Å². The van der Waals surface area contributed by atoms with Crippen molar-refractivity contribution in [2.45, 2.75) is 37.5 Å². The van der Waals surface area contributed by atoms with E-state index in [9.17, 15) is 18.4 Å². The topological polar surface area (TPSA) is 73.0 Å². The third-order valence-electron chi connectivity index (χ3n) is 6.66. The Morgan fingerprint density at radius 1 is 1.30 bits per heavy atom. The molecule has 0 N–H and O–H groups in total. The summed E-state index contributed by atoms with van der Waals surface area (Å²) in [4.78, 5) is 33.2. The molecule has 4 aromatic rings. The van der Waals surface area contributed by atoms with Gasteiger partial charge in [-0.05, 0) is 59.5 Å². The summed E-state index contributed by atoms with van der Waals surface area (Å²) in [5, 5.41) is 4.65. The monoisotopic (exact) mass is 583 g/mol. The number of carbonyl (C=O) groups is 1. The van der Waals surface area contributed by atoms with Crippen molar-refractivity contribution in [3.8, 4) is 23.0 Å². The second-order valence-corrected chi connectivity index (χ2v) is 11.5. The molecule has 0 radical (unpaired) electrons. The highest BCUT2D eigenvalue weighted by molar-refractivity contribution is 9.10. The molecule has 0 bridgehead atoms. The number of hydrogen-bond acceptors (Lipinski definition) is 5. The number of amides is 1. The molecule has 1 aliphatic carbocycles. The largest absolute Gasteiger partial charge is 0.335 e. The summed E-state index contributed by atoms with van der Waals surface area (Å²) in [5.74, 6) is 5.80. The fraction of sp³-hybridized carbons (Fsp3) is 0.308. The van der Waals surface area contributed by atoms with Crippen LogP contribution in [-0.2, 0) is 16.9 Å². The second kappa shape index (κ2) is 8.60. The maximum absolute atomic E-state index is 14.1. The standard InChI is InChI=1S/C26H20BrF2N5O2S/c1-25(29)13-33(14-25)20(35)12-32-15-30-23-22(24(32)36)21(16-3-4-18(28)17(27)11-16)19(37-23)5-6-26(7-8-26)34-10-2-9-31-34/h2-4,9-11,15H,7-8,12-14H2,1H3. The van der Waals surface area contributed by atoms with Crippen molar-refractivity contribution in [1.82, 2.24) is 24.2 Å². The maximum Gasteiger partial charge on any atom is 0.263 e. The Labute approximate surface area is 222 Å². The summed E-state index contributed by atoms with van der Waals surface area (Å²) in [6.07, 6.45) is 6.66. The van der Waals surface area contributed by atoms with Crippen molar-refractivity contribution in [2.75, 3.05) is 13.1 Å². The van der Waals surface area contributed by atoms with Gasteiger partial charge in [-0.3, -0.25) is 18.8 Å². The quantitative estimate of drug-likeness (QED) is 0.335. The smallest absolute Gasteiger partial charge is 0.263 e. The molecule has 1 aromatic carbocycles. The van der Waals surface area contributed by atoms with Crippen molar-refractivity contribution >= 4 is 43.4 Å². The van der Waals surface area contributed by atoms with Crippen LogP contribution in [0.25, 0.3) is 21.3 Å². The van der Waals surface area contributed by atoms with Crippen LogP contribution in [0.3, 0.4) is 0 Å². The van der Waals surface area contributed by atoms with Crippen LogP contribution >= 0.6 is 27.3 Å². The Morgan fingerprint density at radius 3 is 2.73 bits per heavy atom. The van der Waals surface area contributed by atoms with E-state index in [0.717, 1.165) is 12.8 Å². The number of carbonyl (C=O) groups excluding carboxylic acids is 1. The van der Waals surface area contributed by atoms with Crippen LogP contribution in [0, 0.1) is 17.7 Å². The summed E-state index contributed by atoms with van der Waals surface area (Å²) >= 11 is 4.51. The SMILES string of the molecule is CC1(F)CN(C(=O)Cn2cnc3sc(C#CC4(n5cccn5)CC4)c(-c4ccc(F)c(Br)c4)c3c2=O)C1. The Balaban J connectivity index is 1.46. The van der Waals surface area contributed by atoms with Gasteiger partial charge in [0.05, 0.1) is 34.2 Å². The molecule has 0 atom stereocenters. The average molecular weight is 584 g/mol. The molecule has 2 aliphatic rings. The molecule has 0 unspecified atom stereocenters. The molecule has 3 aromatic heterocycles. The van der Waals surface area contributed by atoms with E-state index in [1.807, 2.05) is 16.9 Å². The zero-order valence-electron chi connectivity index (χ0n) is 19.7. The lowest BCUT2D eigenvalue weighted by Gasteiger charge is -2.42. The number of fused-ring (bicyclic) bond motifs is 1. The van der Waals surface area contributed by atoms with E-state index < -0.39 is 17.0 Å². The van der Waals surface area contributed by atoms with Gasteiger partial charge < -0.3 is 4.90 Å². The zero-order valence-corrected chi connectivity index (χ0v) is 22.1. The molecule has 6 rings (SSSR count). The van der Waals surface area contributed by atoms with Crippen LogP contribution in [0.2, 0.25) is 0 Å². The van der Waals surface area contributed by atoms with Crippen LogP contribution in [0.4, 0.5) is 8.78 Å². The summed E-state index contributed by atoms with van der Waals surface area (Å²) in [6, 6.07) is 6.37. The fourth-order valence-corrected chi connectivity index (χ4v) is 5.94. The summed E-state index contributed by atoms with van der Waals surface area (Å²) in [7, 11) is 0. The summed E-state index contributed by atoms with van der Waals surface area (Å²) in [5.41, 5.74) is -1.05. The highest BCUT2D eigenvalue weighted by Gasteiger charge is 2.44. The molecular weight excluding hydrogens is 564 g/mol. The first-order chi connectivity index (χ1) is 17.7. The lowest BCUT2D eigenvalue weighted by atomic mass is 9.99. The van der Waals surface area contributed by atoms with E-state index in [1.165, 1.54) is 40.1 Å². The Hall–Kier alpha value is -3.36. The lowest BCUT2D eigenvalue weighted by molar-refractivity contribution is -0.144. The van der Waals surface area contributed by atoms with Gasteiger partial charge in [-0.1, -0.05) is 17.9 Å². The molecule has 188 valence electrons. The van der Waals surface area contributed by atoms with Crippen LogP contribution in [-0.4, -0.2) is 48.9 Å². The van der Waals surface area contributed by atoms with Gasteiger partial charge in [0.25, 0.3) is 5.56 Å². The molecule has 11 heteroatoms. The molecule has 1 amide bonds. The Bertz CT molecular complexity index is 1670. The number of aromatic nitrogens is 4. The molecule has 0 spiro atoms. The van der Waals surface area contributed by atoms with Crippen molar-refractivity contribution in [2.24, 2.45) is 0 Å². The van der Waals surface area contributed by atoms with E-state index in [-0.39, 0.29) is 35.6 Å². The summed E-state index contributed by atoms with van der Waals surface area (Å²) in [6.45, 7) is 1.20. The van der Waals surface area contributed by atoms with Crippen LogP contribution in [0.1, 0.15) is 24.6 Å². The molecule has 1 saturated carbocycles. The minimum atomic E-state index is -1.40. The normalized spacial score (nSPS) is 17.2. The lowest BCUT2D eigenvalue weighted by Crippen LogP contribution is -2.60. The number of nitrogens with zero attached hydrogens (tertiary/aromatic N) is 5. The number of halogens is 3. The average Bonchev–Trinajstić information content (AvgIpc) is 3.25. The number of alkyl halides is 1. The molecule has 4 heterocycles. The number of thiophene rings is 1. The molecule has 37 heavy (non-hydrogen) atoms. The predicted octanol–water partition coefficient (Wildman–Crippen LogP) is 4.33. The fourth-order valence-electron chi connectivity index (χ4n) is 4.55. The zero-order chi connectivity index (χ0) is 25.9. The molecular formula is C26H20BrF2N5O2S. The minimum absolute atomic E-state index is 0.00129. The van der Waals surface area contributed by atoms with Crippen LogP contribution < -0.4 is 5.56 Å². The van der Waals surface area contributed by atoms with Crippen molar-refractivity contribution in [3.05, 3.63) is 68.5 Å². The van der Waals surface area contributed by atoms with Crippen molar-refractivity contribution in [1.29, 1.82) is 0 Å². The predicted molar refractivity (Wildman–Crippen MR) is 139 cm³/mol. The van der Waals surface area contributed by atoms with Crippen LogP contribution in [0.15, 0.2) is 52.3 Å². The molecule has 7 nitrogen and oxygen atoms in total. The first-order valence-electron chi connectivity index (χ1n) is 11.6. The van der Waals surface area contributed by atoms with Gasteiger partial charge in [0, 0.05) is 18.0 Å².